The summed E-state index contributed by atoms with van der Waals surface area (Å²) < 4.78 is 4.73. The minimum absolute atomic E-state index is 0.335. The van der Waals surface area contributed by atoms with E-state index in [1.807, 2.05) is 12.1 Å². The monoisotopic (exact) mass is 366 g/mol. The van der Waals surface area contributed by atoms with E-state index in [0.29, 0.717) is 5.56 Å². The number of benzene rings is 2. The summed E-state index contributed by atoms with van der Waals surface area (Å²) in [7, 11) is 1.38. The molecule has 0 bridgehead atoms. The number of hydrogen-bond donors (Lipinski definition) is 1. The molecule has 0 saturated heterocycles. The summed E-state index contributed by atoms with van der Waals surface area (Å²) in [6.07, 6.45) is 2.08. The summed E-state index contributed by atoms with van der Waals surface area (Å²) in [6, 6.07) is 15.7. The molecule has 0 aliphatic heterocycles. The highest BCUT2D eigenvalue weighted by Crippen LogP contribution is 2.33. The fraction of sp³-hybridized carbons (Fsp3) is 0.238. The van der Waals surface area contributed by atoms with Crippen LogP contribution in [0.3, 0.4) is 0 Å². The molecule has 0 unspecified atom stereocenters. The topological polar surface area (TPSA) is 51.2 Å². The fourth-order valence-electron chi connectivity index (χ4n) is 2.67. The third-order valence-electron chi connectivity index (χ3n) is 4.06. The molecule has 1 N–H and O–H groups in total. The molecule has 0 aliphatic rings. The van der Waals surface area contributed by atoms with Crippen LogP contribution in [-0.2, 0) is 11.2 Å². The Morgan fingerprint density at radius 1 is 1.12 bits per heavy atom. The van der Waals surface area contributed by atoms with Crippen LogP contribution in [0.25, 0.3) is 11.3 Å². The van der Waals surface area contributed by atoms with Crippen LogP contribution in [0.1, 0.15) is 34.1 Å². The summed E-state index contributed by atoms with van der Waals surface area (Å²) in [6.45, 7) is 4.26. The summed E-state index contributed by atoms with van der Waals surface area (Å²) in [5, 5.41) is 4.20. The highest BCUT2D eigenvalue weighted by atomic mass is 32.1. The van der Waals surface area contributed by atoms with Crippen molar-refractivity contribution in [2.75, 3.05) is 12.4 Å². The molecule has 1 heterocycles. The maximum Gasteiger partial charge on any atom is 0.337 e. The van der Waals surface area contributed by atoms with Gasteiger partial charge in [0.05, 0.1) is 18.4 Å². The normalized spacial score (nSPS) is 10.6. The third kappa shape index (κ3) is 4.11. The van der Waals surface area contributed by atoms with E-state index in [-0.39, 0.29) is 5.97 Å². The highest BCUT2D eigenvalue weighted by Gasteiger charge is 2.13. The van der Waals surface area contributed by atoms with Crippen molar-refractivity contribution in [1.29, 1.82) is 0 Å². The summed E-state index contributed by atoms with van der Waals surface area (Å²) >= 11 is 1.68. The lowest BCUT2D eigenvalue weighted by atomic mass is 10.1. The van der Waals surface area contributed by atoms with Crippen molar-refractivity contribution >= 4 is 28.1 Å². The predicted octanol–water partition coefficient (Wildman–Crippen LogP) is 5.60. The van der Waals surface area contributed by atoms with E-state index in [9.17, 15) is 4.79 Å². The second-order valence-electron chi connectivity index (χ2n) is 6.10. The first-order chi connectivity index (χ1) is 12.6. The van der Waals surface area contributed by atoms with Crippen LogP contribution >= 0.6 is 11.3 Å². The molecule has 0 spiro atoms. The van der Waals surface area contributed by atoms with Crippen LogP contribution < -0.4 is 5.32 Å². The number of aryl methyl sites for hydroxylation is 2. The average molecular weight is 366 g/mol. The van der Waals surface area contributed by atoms with E-state index in [1.54, 1.807) is 23.5 Å². The molecule has 0 amide bonds. The van der Waals surface area contributed by atoms with Crippen LogP contribution in [0, 0.1) is 6.92 Å². The van der Waals surface area contributed by atoms with E-state index in [4.69, 9.17) is 9.72 Å². The molecule has 26 heavy (non-hydrogen) atoms. The number of carbonyl (C=O) groups is 1. The highest BCUT2D eigenvalue weighted by molar-refractivity contribution is 7.16. The Morgan fingerprint density at radius 2 is 1.81 bits per heavy atom. The number of nitrogens with one attached hydrogen (secondary N) is 1. The van der Waals surface area contributed by atoms with Crippen molar-refractivity contribution in [3.05, 3.63) is 64.5 Å². The second-order valence-corrected chi connectivity index (χ2v) is 7.18. The number of ether oxygens (including phenoxy) is 1. The first-order valence-corrected chi connectivity index (χ1v) is 9.44. The van der Waals surface area contributed by atoms with Crippen molar-refractivity contribution in [3.8, 4) is 11.3 Å². The van der Waals surface area contributed by atoms with Crippen LogP contribution in [0.2, 0.25) is 0 Å². The van der Waals surface area contributed by atoms with Gasteiger partial charge in [-0.2, -0.15) is 0 Å². The Labute approximate surface area is 157 Å². The Kier molecular flexibility index (Phi) is 5.68. The molecule has 0 aliphatic carbocycles. The van der Waals surface area contributed by atoms with Crippen LogP contribution in [0.15, 0.2) is 48.5 Å². The van der Waals surface area contributed by atoms with Crippen molar-refractivity contribution < 1.29 is 9.53 Å². The minimum Gasteiger partial charge on any atom is -0.465 e. The first-order valence-electron chi connectivity index (χ1n) is 8.63. The van der Waals surface area contributed by atoms with Crippen molar-refractivity contribution in [3.63, 3.8) is 0 Å². The number of thiazole rings is 1. The van der Waals surface area contributed by atoms with Gasteiger partial charge < -0.3 is 10.1 Å². The number of nitrogens with zero attached hydrogens (tertiary/aromatic N) is 1. The zero-order chi connectivity index (χ0) is 18.5. The number of carbonyl (C=O) groups excluding carboxylic acids is 1. The molecule has 5 heteroatoms. The second kappa shape index (κ2) is 8.15. The number of rotatable bonds is 6. The molecule has 3 rings (SSSR count). The van der Waals surface area contributed by atoms with Gasteiger partial charge in [0.1, 0.15) is 0 Å². The quantitative estimate of drug-likeness (QED) is 0.577. The molecule has 0 fully saturated rings. The Hall–Kier alpha value is -2.66. The molecule has 3 aromatic rings. The van der Waals surface area contributed by atoms with Gasteiger partial charge in [-0.15, -0.1) is 11.3 Å². The van der Waals surface area contributed by atoms with Gasteiger partial charge in [0, 0.05) is 16.1 Å². The van der Waals surface area contributed by atoms with Crippen molar-refractivity contribution in [1.82, 2.24) is 4.98 Å². The van der Waals surface area contributed by atoms with E-state index in [1.165, 1.54) is 17.6 Å². The Bertz CT molecular complexity index is 883. The molecule has 134 valence electrons. The number of hydrogen-bond acceptors (Lipinski definition) is 5. The lowest BCUT2D eigenvalue weighted by Gasteiger charge is -2.04. The maximum absolute atomic E-state index is 11.5. The average Bonchev–Trinajstić information content (AvgIpc) is 3.05. The molecule has 4 nitrogen and oxygen atoms in total. The molecule has 0 saturated carbocycles. The van der Waals surface area contributed by atoms with Crippen molar-refractivity contribution in [2.24, 2.45) is 0 Å². The van der Waals surface area contributed by atoms with Gasteiger partial charge >= 0.3 is 5.97 Å². The summed E-state index contributed by atoms with van der Waals surface area (Å²) in [5.41, 5.74) is 4.86. The molecule has 0 radical (unpaired) electrons. The smallest absolute Gasteiger partial charge is 0.337 e. The molecular weight excluding hydrogens is 344 g/mol. The van der Waals surface area contributed by atoms with E-state index in [2.05, 4.69) is 43.4 Å². The standard InChI is InChI=1S/C21H22N2O2S/c1-4-5-18-19(15-8-6-14(2)7-9-15)23-21(26-18)22-17-12-10-16(11-13-17)20(24)25-3/h6-13H,4-5H2,1-3H3,(H,22,23). The molecule has 1 aromatic heterocycles. The van der Waals surface area contributed by atoms with E-state index < -0.39 is 0 Å². The lowest BCUT2D eigenvalue weighted by molar-refractivity contribution is 0.0601. The molecule has 2 aromatic carbocycles. The number of anilines is 2. The zero-order valence-corrected chi connectivity index (χ0v) is 16.0. The lowest BCUT2D eigenvalue weighted by Crippen LogP contribution is -2.00. The van der Waals surface area contributed by atoms with Crippen LogP contribution in [0.5, 0.6) is 0 Å². The van der Waals surface area contributed by atoms with Gasteiger partial charge in [-0.3, -0.25) is 0 Å². The van der Waals surface area contributed by atoms with Gasteiger partial charge in [0.25, 0.3) is 0 Å². The fourth-order valence-corrected chi connectivity index (χ4v) is 3.78. The van der Waals surface area contributed by atoms with Crippen LogP contribution in [0.4, 0.5) is 10.8 Å². The van der Waals surface area contributed by atoms with E-state index in [0.717, 1.165) is 34.9 Å². The van der Waals surface area contributed by atoms with Gasteiger partial charge in [-0.05, 0) is 37.6 Å². The summed E-state index contributed by atoms with van der Waals surface area (Å²) in [5.74, 6) is -0.335. The summed E-state index contributed by atoms with van der Waals surface area (Å²) in [4.78, 5) is 17.6. The van der Waals surface area contributed by atoms with Crippen molar-refractivity contribution in [2.45, 2.75) is 26.7 Å². The first kappa shape index (κ1) is 18.1. The predicted molar refractivity (Wildman–Crippen MR) is 107 cm³/mol. The Morgan fingerprint density at radius 3 is 2.42 bits per heavy atom. The van der Waals surface area contributed by atoms with Gasteiger partial charge in [-0.25, -0.2) is 9.78 Å². The largest absolute Gasteiger partial charge is 0.465 e. The number of esters is 1. The Balaban J connectivity index is 1.85. The third-order valence-corrected chi connectivity index (χ3v) is 5.09. The SMILES string of the molecule is CCCc1sc(Nc2ccc(C(=O)OC)cc2)nc1-c1ccc(C)cc1. The number of methoxy groups -OCH3 is 1. The zero-order valence-electron chi connectivity index (χ0n) is 15.2. The van der Waals surface area contributed by atoms with Gasteiger partial charge in [-0.1, -0.05) is 43.2 Å². The van der Waals surface area contributed by atoms with Gasteiger partial charge in [0.2, 0.25) is 0 Å². The van der Waals surface area contributed by atoms with Gasteiger partial charge in [0.15, 0.2) is 5.13 Å². The maximum atomic E-state index is 11.5. The molecule has 0 atom stereocenters. The molecular formula is C21H22N2O2S. The van der Waals surface area contributed by atoms with E-state index >= 15 is 0 Å². The number of aromatic nitrogens is 1. The van der Waals surface area contributed by atoms with Crippen LogP contribution in [-0.4, -0.2) is 18.1 Å². The minimum atomic E-state index is -0.335.